The molecule has 1 unspecified atom stereocenters. The molecule has 0 aromatic carbocycles. The van der Waals surface area contributed by atoms with E-state index in [1.165, 1.54) is 12.8 Å². The SMILES string of the molecule is Cc1nc(C)c(C(=O)N2CCC(C3CCCN3)CC2)o1. The normalized spacial score (nSPS) is 24.3. The standard InChI is InChI=1S/C15H23N3O2/c1-10-14(20-11(2)17-10)15(19)18-8-5-12(6-9-18)13-4-3-7-16-13/h12-13,16H,3-9H2,1-2H3. The molecule has 1 aromatic heterocycles. The fourth-order valence-corrected chi connectivity index (χ4v) is 3.49. The lowest BCUT2D eigenvalue weighted by atomic mass is 9.88. The van der Waals surface area contributed by atoms with Gasteiger partial charge in [0.1, 0.15) is 0 Å². The van der Waals surface area contributed by atoms with Gasteiger partial charge in [-0.3, -0.25) is 4.79 Å². The third-order valence-corrected chi connectivity index (χ3v) is 4.59. The predicted molar refractivity (Wildman–Crippen MR) is 75.6 cm³/mol. The highest BCUT2D eigenvalue weighted by atomic mass is 16.4. The summed E-state index contributed by atoms with van der Waals surface area (Å²) in [5.41, 5.74) is 0.701. The lowest BCUT2D eigenvalue weighted by molar-refractivity contribution is 0.0640. The van der Waals surface area contributed by atoms with Crippen LogP contribution in [0.1, 0.15) is 47.8 Å². The molecule has 0 bridgehead atoms. The average molecular weight is 277 g/mol. The molecule has 2 fully saturated rings. The Morgan fingerprint density at radius 2 is 2.05 bits per heavy atom. The Morgan fingerprint density at radius 1 is 1.30 bits per heavy atom. The van der Waals surface area contributed by atoms with Crippen molar-refractivity contribution in [2.24, 2.45) is 5.92 Å². The van der Waals surface area contributed by atoms with Crippen molar-refractivity contribution in [2.45, 2.75) is 45.6 Å². The van der Waals surface area contributed by atoms with Gasteiger partial charge in [0.15, 0.2) is 5.89 Å². The van der Waals surface area contributed by atoms with Crippen molar-refractivity contribution in [1.29, 1.82) is 0 Å². The van der Waals surface area contributed by atoms with Gasteiger partial charge in [0.2, 0.25) is 5.76 Å². The number of oxazole rings is 1. The van der Waals surface area contributed by atoms with Gasteiger partial charge in [-0.1, -0.05) is 0 Å². The number of piperidine rings is 1. The first kappa shape index (κ1) is 13.6. The minimum absolute atomic E-state index is 0.000862. The highest BCUT2D eigenvalue weighted by Crippen LogP contribution is 2.26. The fraction of sp³-hybridized carbons (Fsp3) is 0.733. The lowest BCUT2D eigenvalue weighted by Gasteiger charge is -2.34. The molecule has 110 valence electrons. The van der Waals surface area contributed by atoms with Crippen LogP contribution in [-0.4, -0.2) is 41.5 Å². The van der Waals surface area contributed by atoms with Crippen molar-refractivity contribution in [3.8, 4) is 0 Å². The number of carbonyl (C=O) groups excluding carboxylic acids is 1. The molecule has 20 heavy (non-hydrogen) atoms. The van der Waals surface area contributed by atoms with Crippen molar-refractivity contribution < 1.29 is 9.21 Å². The van der Waals surface area contributed by atoms with Crippen LogP contribution in [0.4, 0.5) is 0 Å². The van der Waals surface area contributed by atoms with E-state index in [1.807, 2.05) is 11.8 Å². The predicted octanol–water partition coefficient (Wildman–Crippen LogP) is 1.90. The number of aromatic nitrogens is 1. The second-order valence-corrected chi connectivity index (χ2v) is 5.98. The number of amides is 1. The smallest absolute Gasteiger partial charge is 0.291 e. The third-order valence-electron chi connectivity index (χ3n) is 4.59. The zero-order valence-electron chi connectivity index (χ0n) is 12.3. The maximum atomic E-state index is 12.4. The van der Waals surface area contributed by atoms with E-state index < -0.39 is 0 Å². The number of aryl methyl sites for hydroxylation is 2. The van der Waals surface area contributed by atoms with Gasteiger partial charge in [-0.25, -0.2) is 4.98 Å². The van der Waals surface area contributed by atoms with Gasteiger partial charge in [0, 0.05) is 26.1 Å². The summed E-state index contributed by atoms with van der Waals surface area (Å²) in [4.78, 5) is 18.5. The van der Waals surface area contributed by atoms with Gasteiger partial charge in [-0.2, -0.15) is 0 Å². The molecular formula is C15H23N3O2. The van der Waals surface area contributed by atoms with Crippen molar-refractivity contribution >= 4 is 5.91 Å². The Bertz CT molecular complexity index is 483. The number of nitrogens with one attached hydrogen (secondary N) is 1. The molecule has 0 saturated carbocycles. The van der Waals surface area contributed by atoms with Gasteiger partial charge in [0.05, 0.1) is 5.69 Å². The van der Waals surface area contributed by atoms with Crippen LogP contribution < -0.4 is 5.32 Å². The summed E-state index contributed by atoms with van der Waals surface area (Å²) >= 11 is 0. The van der Waals surface area contributed by atoms with E-state index in [0.29, 0.717) is 23.4 Å². The van der Waals surface area contributed by atoms with E-state index in [1.54, 1.807) is 6.92 Å². The molecule has 2 saturated heterocycles. The first-order chi connectivity index (χ1) is 9.65. The summed E-state index contributed by atoms with van der Waals surface area (Å²) in [5, 5.41) is 3.58. The first-order valence-corrected chi connectivity index (χ1v) is 7.62. The Balaban J connectivity index is 1.60. The molecule has 0 aliphatic carbocycles. The van der Waals surface area contributed by atoms with Crippen LogP contribution in [-0.2, 0) is 0 Å². The van der Waals surface area contributed by atoms with E-state index in [0.717, 1.165) is 38.4 Å². The number of carbonyl (C=O) groups is 1. The second-order valence-electron chi connectivity index (χ2n) is 5.98. The highest BCUT2D eigenvalue weighted by molar-refractivity contribution is 5.92. The number of hydrogen-bond acceptors (Lipinski definition) is 4. The molecule has 1 N–H and O–H groups in total. The molecule has 2 aliphatic heterocycles. The third kappa shape index (κ3) is 2.59. The molecule has 2 aliphatic rings. The minimum Gasteiger partial charge on any atom is -0.436 e. The Kier molecular flexibility index (Phi) is 3.78. The minimum atomic E-state index is 0.000862. The monoisotopic (exact) mass is 277 g/mol. The van der Waals surface area contributed by atoms with Gasteiger partial charge >= 0.3 is 0 Å². The Labute approximate surface area is 119 Å². The van der Waals surface area contributed by atoms with Gasteiger partial charge in [-0.15, -0.1) is 0 Å². The summed E-state index contributed by atoms with van der Waals surface area (Å²) in [7, 11) is 0. The van der Waals surface area contributed by atoms with Crippen LogP contribution in [0.15, 0.2) is 4.42 Å². The van der Waals surface area contributed by atoms with Crippen LogP contribution in [0.5, 0.6) is 0 Å². The van der Waals surface area contributed by atoms with Crippen LogP contribution >= 0.6 is 0 Å². The largest absolute Gasteiger partial charge is 0.436 e. The van der Waals surface area contributed by atoms with E-state index in [-0.39, 0.29) is 5.91 Å². The van der Waals surface area contributed by atoms with Crippen LogP contribution in [0.25, 0.3) is 0 Å². The van der Waals surface area contributed by atoms with Crippen molar-refractivity contribution in [2.75, 3.05) is 19.6 Å². The molecule has 1 atom stereocenters. The summed E-state index contributed by atoms with van der Waals surface area (Å²) in [6, 6.07) is 0.668. The number of nitrogens with zero attached hydrogens (tertiary/aromatic N) is 2. The molecule has 3 heterocycles. The maximum absolute atomic E-state index is 12.4. The quantitative estimate of drug-likeness (QED) is 0.897. The van der Waals surface area contributed by atoms with Gasteiger partial charge < -0.3 is 14.6 Å². The van der Waals surface area contributed by atoms with Crippen LogP contribution in [0.2, 0.25) is 0 Å². The van der Waals surface area contributed by atoms with Gasteiger partial charge in [-0.05, 0) is 45.1 Å². The second kappa shape index (κ2) is 5.56. The van der Waals surface area contributed by atoms with E-state index in [2.05, 4.69) is 10.3 Å². The molecular weight excluding hydrogens is 254 g/mol. The lowest BCUT2D eigenvalue weighted by Crippen LogP contribution is -2.43. The Morgan fingerprint density at radius 3 is 2.60 bits per heavy atom. The number of hydrogen-bond donors (Lipinski definition) is 1. The zero-order chi connectivity index (χ0) is 14.1. The first-order valence-electron chi connectivity index (χ1n) is 7.62. The number of likely N-dealkylation sites (tertiary alicyclic amines) is 1. The number of rotatable bonds is 2. The summed E-state index contributed by atoms with van der Waals surface area (Å²) in [5.74, 6) is 1.70. The van der Waals surface area contributed by atoms with Gasteiger partial charge in [0.25, 0.3) is 5.91 Å². The maximum Gasteiger partial charge on any atom is 0.291 e. The molecule has 3 rings (SSSR count). The highest BCUT2D eigenvalue weighted by Gasteiger charge is 2.31. The van der Waals surface area contributed by atoms with Crippen molar-refractivity contribution in [3.05, 3.63) is 17.3 Å². The molecule has 5 nitrogen and oxygen atoms in total. The summed E-state index contributed by atoms with van der Waals surface area (Å²) < 4.78 is 5.44. The van der Waals surface area contributed by atoms with Crippen molar-refractivity contribution in [3.63, 3.8) is 0 Å². The molecule has 1 aromatic rings. The summed E-state index contributed by atoms with van der Waals surface area (Å²) in [6.07, 6.45) is 4.77. The summed E-state index contributed by atoms with van der Waals surface area (Å²) in [6.45, 7) is 6.43. The molecule has 5 heteroatoms. The average Bonchev–Trinajstić information content (AvgIpc) is 3.08. The topological polar surface area (TPSA) is 58.4 Å². The molecule has 1 amide bonds. The van der Waals surface area contributed by atoms with Crippen LogP contribution in [0.3, 0.4) is 0 Å². The molecule has 0 radical (unpaired) electrons. The van der Waals surface area contributed by atoms with Crippen molar-refractivity contribution in [1.82, 2.24) is 15.2 Å². The Hall–Kier alpha value is -1.36. The van der Waals surface area contributed by atoms with E-state index in [9.17, 15) is 4.79 Å². The van der Waals surface area contributed by atoms with Crippen LogP contribution in [0, 0.1) is 19.8 Å². The van der Waals surface area contributed by atoms with E-state index in [4.69, 9.17) is 4.42 Å². The fourth-order valence-electron chi connectivity index (χ4n) is 3.49. The molecule has 0 spiro atoms. The van der Waals surface area contributed by atoms with E-state index >= 15 is 0 Å². The zero-order valence-corrected chi connectivity index (χ0v) is 12.3.